The van der Waals surface area contributed by atoms with Crippen LogP contribution in [0.5, 0.6) is 0 Å². The minimum absolute atomic E-state index is 0.134. The lowest BCUT2D eigenvalue weighted by molar-refractivity contribution is -0.695. The Kier molecular flexibility index (Phi) is 4.84. The van der Waals surface area contributed by atoms with Gasteiger partial charge >= 0.3 is 0 Å². The summed E-state index contributed by atoms with van der Waals surface area (Å²) in [5.41, 5.74) is 3.11. The fourth-order valence-corrected chi connectivity index (χ4v) is 3.57. The zero-order valence-corrected chi connectivity index (χ0v) is 16.1. The molecule has 6 heteroatoms. The van der Waals surface area contributed by atoms with E-state index in [1.54, 1.807) is 29.2 Å². The molecule has 1 N–H and O–H groups in total. The van der Waals surface area contributed by atoms with Crippen molar-refractivity contribution in [3.05, 3.63) is 89.2 Å². The van der Waals surface area contributed by atoms with Crippen LogP contribution in [0.25, 0.3) is 0 Å². The Bertz CT molecular complexity index is 1050. The number of aromatic nitrogens is 1. The van der Waals surface area contributed by atoms with E-state index in [1.807, 2.05) is 60.2 Å². The van der Waals surface area contributed by atoms with Crippen LogP contribution >= 0.6 is 11.6 Å². The van der Waals surface area contributed by atoms with E-state index in [1.165, 1.54) is 0 Å². The van der Waals surface area contributed by atoms with E-state index in [0.29, 0.717) is 16.4 Å². The van der Waals surface area contributed by atoms with Crippen molar-refractivity contribution in [2.45, 2.75) is 19.5 Å². The molecule has 1 aliphatic heterocycles. The van der Waals surface area contributed by atoms with E-state index in [2.05, 4.69) is 5.32 Å². The molecule has 0 saturated heterocycles. The number of fused-ring (bicyclic) bond motifs is 1. The minimum atomic E-state index is -0.778. The average molecular weight is 393 g/mol. The van der Waals surface area contributed by atoms with E-state index < -0.39 is 6.04 Å². The molecule has 4 rings (SSSR count). The van der Waals surface area contributed by atoms with E-state index in [0.717, 1.165) is 11.3 Å². The molecule has 0 saturated carbocycles. The van der Waals surface area contributed by atoms with Crippen molar-refractivity contribution in [2.24, 2.45) is 0 Å². The lowest BCUT2D eigenvalue weighted by atomic mass is 10.0. The third-order valence-corrected chi connectivity index (χ3v) is 4.98. The van der Waals surface area contributed by atoms with Gasteiger partial charge in [0.1, 0.15) is 0 Å². The molecule has 0 unspecified atom stereocenters. The Morgan fingerprint density at radius 1 is 1.11 bits per heavy atom. The Balaban J connectivity index is 1.77. The maximum absolute atomic E-state index is 13.3. The lowest BCUT2D eigenvalue weighted by Crippen LogP contribution is -2.58. The number of nitrogens with one attached hydrogen (secondary N) is 1. The van der Waals surface area contributed by atoms with Crippen LogP contribution in [0.1, 0.15) is 17.3 Å². The fraction of sp³-hybridized carbons (Fsp3) is 0.136. The van der Waals surface area contributed by atoms with Gasteiger partial charge in [-0.25, -0.2) is 0 Å². The van der Waals surface area contributed by atoms with Crippen LogP contribution in [0.2, 0.25) is 5.02 Å². The summed E-state index contributed by atoms with van der Waals surface area (Å²) in [6, 6.07) is 19.3. The maximum atomic E-state index is 13.3. The number of aryl methyl sites for hydroxylation is 1. The summed E-state index contributed by atoms with van der Waals surface area (Å²) in [6.45, 7) is 2.15. The predicted octanol–water partition coefficient (Wildman–Crippen LogP) is 3.66. The molecule has 140 valence electrons. The maximum Gasteiger partial charge on any atom is 0.294 e. The standard InChI is InChI=1S/C22H18ClN3O2/c1-15-5-4-6-18(13-15)26-20(27)14-25-12-3-2-7-19(25)21(26)22(28)24-17-10-8-16(23)9-11-17/h2-13,21H,14H2,1H3/p+1/t21-/m0/s1. The van der Waals surface area contributed by atoms with E-state index in [4.69, 9.17) is 11.6 Å². The summed E-state index contributed by atoms with van der Waals surface area (Å²) < 4.78 is 1.82. The van der Waals surface area contributed by atoms with Crippen LogP contribution in [0.3, 0.4) is 0 Å². The van der Waals surface area contributed by atoms with Gasteiger partial charge in [-0.15, -0.1) is 0 Å². The zero-order chi connectivity index (χ0) is 19.7. The molecule has 2 aromatic carbocycles. The Labute approximate surface area is 168 Å². The highest BCUT2D eigenvalue weighted by molar-refractivity contribution is 6.30. The number of amides is 2. The number of pyridine rings is 1. The predicted molar refractivity (Wildman–Crippen MR) is 108 cm³/mol. The van der Waals surface area contributed by atoms with Crippen LogP contribution in [0.4, 0.5) is 11.4 Å². The van der Waals surface area contributed by atoms with Gasteiger partial charge in [0.2, 0.25) is 18.3 Å². The second kappa shape index (κ2) is 7.44. The fourth-order valence-electron chi connectivity index (χ4n) is 3.45. The first-order valence-electron chi connectivity index (χ1n) is 8.96. The van der Waals surface area contributed by atoms with Crippen LogP contribution in [0.15, 0.2) is 72.9 Å². The summed E-state index contributed by atoms with van der Waals surface area (Å²) in [5, 5.41) is 3.50. The lowest BCUT2D eigenvalue weighted by Gasteiger charge is -2.32. The van der Waals surface area contributed by atoms with Gasteiger partial charge in [-0.3, -0.25) is 14.5 Å². The SMILES string of the molecule is Cc1cccc(N2C(=O)C[n+]3ccccc3[C@H]2C(=O)Nc2ccc(Cl)cc2)c1. The molecule has 2 heterocycles. The molecule has 1 aromatic heterocycles. The largest absolute Gasteiger partial charge is 0.324 e. The normalized spacial score (nSPS) is 15.9. The van der Waals surface area contributed by atoms with E-state index in [9.17, 15) is 9.59 Å². The van der Waals surface area contributed by atoms with Gasteiger partial charge in [-0.05, 0) is 48.9 Å². The second-order valence-electron chi connectivity index (χ2n) is 6.75. The Morgan fingerprint density at radius 2 is 1.89 bits per heavy atom. The Morgan fingerprint density at radius 3 is 2.64 bits per heavy atom. The molecule has 0 bridgehead atoms. The highest BCUT2D eigenvalue weighted by Gasteiger charge is 2.43. The average Bonchev–Trinajstić information content (AvgIpc) is 2.68. The van der Waals surface area contributed by atoms with Crippen molar-refractivity contribution >= 4 is 34.8 Å². The van der Waals surface area contributed by atoms with Crippen LogP contribution < -0.4 is 14.8 Å². The number of rotatable bonds is 3. The molecular weight excluding hydrogens is 374 g/mol. The van der Waals surface area contributed by atoms with Crippen molar-refractivity contribution in [1.29, 1.82) is 0 Å². The number of carbonyl (C=O) groups is 2. The van der Waals surface area contributed by atoms with Gasteiger partial charge in [0.15, 0.2) is 6.20 Å². The quantitative estimate of drug-likeness (QED) is 0.691. The van der Waals surface area contributed by atoms with Gasteiger partial charge in [0, 0.05) is 28.5 Å². The first-order valence-corrected chi connectivity index (χ1v) is 9.34. The molecule has 28 heavy (non-hydrogen) atoms. The summed E-state index contributed by atoms with van der Waals surface area (Å²) in [5.74, 6) is -0.414. The summed E-state index contributed by atoms with van der Waals surface area (Å²) >= 11 is 5.93. The number of nitrogens with zero attached hydrogens (tertiary/aromatic N) is 2. The van der Waals surface area contributed by atoms with Crippen molar-refractivity contribution in [1.82, 2.24) is 0 Å². The van der Waals surface area contributed by atoms with Crippen molar-refractivity contribution < 1.29 is 14.2 Å². The number of anilines is 2. The highest BCUT2D eigenvalue weighted by Crippen LogP contribution is 2.30. The number of hydrogen-bond acceptors (Lipinski definition) is 2. The van der Waals surface area contributed by atoms with Crippen LogP contribution in [-0.2, 0) is 16.1 Å². The molecule has 1 atom stereocenters. The van der Waals surface area contributed by atoms with Crippen LogP contribution in [0, 0.1) is 6.92 Å². The Hall–Kier alpha value is -3.18. The van der Waals surface area contributed by atoms with E-state index in [-0.39, 0.29) is 18.4 Å². The third kappa shape index (κ3) is 3.49. The second-order valence-corrected chi connectivity index (χ2v) is 7.19. The minimum Gasteiger partial charge on any atom is -0.324 e. The van der Waals surface area contributed by atoms with E-state index >= 15 is 0 Å². The van der Waals surface area contributed by atoms with Crippen molar-refractivity contribution in [3.8, 4) is 0 Å². The third-order valence-electron chi connectivity index (χ3n) is 4.73. The summed E-state index contributed by atoms with van der Waals surface area (Å²) in [4.78, 5) is 27.8. The number of benzene rings is 2. The summed E-state index contributed by atoms with van der Waals surface area (Å²) in [6.07, 6.45) is 1.82. The van der Waals surface area contributed by atoms with Gasteiger partial charge in [0.25, 0.3) is 11.8 Å². The molecule has 0 aliphatic carbocycles. The number of halogens is 1. The van der Waals surface area contributed by atoms with Gasteiger partial charge in [-0.1, -0.05) is 29.8 Å². The molecule has 3 aromatic rings. The summed E-state index contributed by atoms with van der Waals surface area (Å²) in [7, 11) is 0. The van der Waals surface area contributed by atoms with Crippen molar-refractivity contribution in [2.75, 3.05) is 10.2 Å². The molecule has 5 nitrogen and oxygen atoms in total. The first-order chi connectivity index (χ1) is 13.5. The molecule has 2 amide bonds. The van der Waals surface area contributed by atoms with Crippen LogP contribution in [-0.4, -0.2) is 11.8 Å². The first kappa shape index (κ1) is 18.2. The zero-order valence-electron chi connectivity index (χ0n) is 15.3. The monoisotopic (exact) mass is 392 g/mol. The molecule has 0 fully saturated rings. The van der Waals surface area contributed by atoms with Crippen molar-refractivity contribution in [3.63, 3.8) is 0 Å². The number of hydrogen-bond donors (Lipinski definition) is 1. The van der Waals surface area contributed by atoms with Gasteiger partial charge < -0.3 is 5.32 Å². The molecule has 1 aliphatic rings. The number of carbonyl (C=O) groups excluding carboxylic acids is 2. The molecule has 0 radical (unpaired) electrons. The molecule has 0 spiro atoms. The topological polar surface area (TPSA) is 53.3 Å². The van der Waals surface area contributed by atoms with Gasteiger partial charge in [0.05, 0.1) is 0 Å². The highest BCUT2D eigenvalue weighted by atomic mass is 35.5. The smallest absolute Gasteiger partial charge is 0.294 e. The van der Waals surface area contributed by atoms with Gasteiger partial charge in [-0.2, -0.15) is 4.57 Å². The molecular formula is C22H19ClN3O2+.